The number of aromatic nitrogens is 5. The fourth-order valence-electron chi connectivity index (χ4n) is 2.01. The lowest BCUT2D eigenvalue weighted by Gasteiger charge is -2.03. The summed E-state index contributed by atoms with van der Waals surface area (Å²) in [6, 6.07) is 5.81. The fraction of sp³-hybridized carbons (Fsp3) is 0.143. The molecule has 0 radical (unpaired) electrons. The molecular weight excluding hydrogens is 302 g/mol. The van der Waals surface area contributed by atoms with Crippen molar-refractivity contribution in [1.82, 2.24) is 25.6 Å². The number of aromatic amines is 1. The number of carbonyl (C=O) groups is 2. The second-order valence-corrected chi connectivity index (χ2v) is 5.57. The second-order valence-electron chi connectivity index (χ2n) is 4.57. The molecule has 3 aromatic rings. The number of ketones is 2. The number of pyridine rings is 1. The molecular formula is C14H11N5O2S. The molecule has 0 unspecified atom stereocenters. The van der Waals surface area contributed by atoms with Crippen molar-refractivity contribution in [1.29, 1.82) is 0 Å². The summed E-state index contributed by atoms with van der Waals surface area (Å²) < 4.78 is 0. The van der Waals surface area contributed by atoms with Gasteiger partial charge < -0.3 is 0 Å². The van der Waals surface area contributed by atoms with Crippen molar-refractivity contribution >= 4 is 22.9 Å². The average Bonchev–Trinajstić information content (AvgIpc) is 3.20. The van der Waals surface area contributed by atoms with Gasteiger partial charge in [0.15, 0.2) is 0 Å². The quantitative estimate of drug-likeness (QED) is 0.542. The number of nitrogens with one attached hydrogen (secondary N) is 1. The molecule has 0 atom stereocenters. The zero-order valence-corrected chi connectivity index (χ0v) is 12.2. The van der Waals surface area contributed by atoms with Crippen LogP contribution in [-0.2, 0) is 17.6 Å². The van der Waals surface area contributed by atoms with Crippen LogP contribution in [-0.4, -0.2) is 37.2 Å². The molecule has 0 aliphatic carbocycles. The summed E-state index contributed by atoms with van der Waals surface area (Å²) in [4.78, 5) is 28.8. The lowest BCUT2D eigenvalue weighted by molar-refractivity contribution is -0.114. The molecule has 7 nitrogen and oxygen atoms in total. The molecule has 3 aromatic heterocycles. The Bertz CT molecular complexity index is 783. The molecule has 110 valence electrons. The minimum Gasteiger partial charge on any atom is -0.290 e. The Morgan fingerprint density at radius 1 is 1.18 bits per heavy atom. The van der Waals surface area contributed by atoms with Crippen molar-refractivity contribution in [3.05, 3.63) is 57.8 Å². The highest BCUT2D eigenvalue weighted by atomic mass is 32.1. The molecule has 0 aromatic carbocycles. The summed E-state index contributed by atoms with van der Waals surface area (Å²) >= 11 is 1.46. The van der Waals surface area contributed by atoms with Gasteiger partial charge in [-0.3, -0.25) is 14.6 Å². The third-order valence-corrected chi connectivity index (χ3v) is 4.07. The number of rotatable bonds is 6. The lowest BCUT2D eigenvalue weighted by Crippen LogP contribution is -2.18. The molecule has 0 bridgehead atoms. The second kappa shape index (κ2) is 6.35. The van der Waals surface area contributed by atoms with Gasteiger partial charge in [0.2, 0.25) is 11.6 Å². The molecule has 8 heteroatoms. The van der Waals surface area contributed by atoms with Crippen molar-refractivity contribution in [2.24, 2.45) is 0 Å². The highest BCUT2D eigenvalue weighted by Gasteiger charge is 2.22. The van der Waals surface area contributed by atoms with E-state index in [2.05, 4.69) is 25.6 Å². The van der Waals surface area contributed by atoms with E-state index in [9.17, 15) is 9.59 Å². The predicted octanol–water partition coefficient (Wildman–Crippen LogP) is 1.24. The number of nitrogens with zero attached hydrogens (tertiary/aromatic N) is 4. The van der Waals surface area contributed by atoms with Crippen molar-refractivity contribution in [2.75, 3.05) is 0 Å². The summed E-state index contributed by atoms with van der Waals surface area (Å²) in [5, 5.41) is 14.4. The normalized spacial score (nSPS) is 10.5. The fourth-order valence-corrected chi connectivity index (χ4v) is 2.91. The smallest absolute Gasteiger partial charge is 0.269 e. The zero-order chi connectivity index (χ0) is 15.4. The van der Waals surface area contributed by atoms with Crippen LogP contribution in [0.25, 0.3) is 0 Å². The van der Waals surface area contributed by atoms with Crippen LogP contribution in [0.5, 0.6) is 0 Å². The molecule has 0 aliphatic rings. The van der Waals surface area contributed by atoms with E-state index < -0.39 is 11.6 Å². The van der Waals surface area contributed by atoms with Crippen LogP contribution < -0.4 is 0 Å². The molecule has 0 fully saturated rings. The number of H-pyrrole nitrogens is 1. The van der Waals surface area contributed by atoms with E-state index in [0.29, 0.717) is 6.42 Å². The maximum absolute atomic E-state index is 12.0. The Morgan fingerprint density at radius 3 is 2.73 bits per heavy atom. The molecule has 3 heterocycles. The van der Waals surface area contributed by atoms with Gasteiger partial charge in [0.1, 0.15) is 0 Å². The van der Waals surface area contributed by atoms with Gasteiger partial charge >= 0.3 is 0 Å². The third-order valence-electron chi connectivity index (χ3n) is 3.10. The van der Waals surface area contributed by atoms with E-state index in [-0.39, 0.29) is 12.2 Å². The first-order valence-corrected chi connectivity index (χ1v) is 7.37. The van der Waals surface area contributed by atoms with Crippen LogP contribution in [0.3, 0.4) is 0 Å². The Kier molecular flexibility index (Phi) is 4.10. The maximum atomic E-state index is 12.0. The Balaban J connectivity index is 1.72. The van der Waals surface area contributed by atoms with Crippen molar-refractivity contribution in [2.45, 2.75) is 12.8 Å². The van der Waals surface area contributed by atoms with E-state index in [0.717, 1.165) is 16.0 Å². The van der Waals surface area contributed by atoms with Crippen LogP contribution in [0.15, 0.2) is 36.0 Å². The topological polar surface area (TPSA) is 101 Å². The van der Waals surface area contributed by atoms with Crippen LogP contribution in [0, 0.1) is 0 Å². The average molecular weight is 313 g/mol. The van der Waals surface area contributed by atoms with E-state index in [1.807, 2.05) is 23.6 Å². The molecule has 0 saturated heterocycles. The number of hydrogen-bond donors (Lipinski definition) is 1. The molecule has 1 N–H and O–H groups in total. The molecule has 0 spiro atoms. The van der Waals surface area contributed by atoms with E-state index in [1.165, 1.54) is 11.3 Å². The number of Topliss-reactive ketones (excluding diaryl/α,β-unsaturated/α-hetero) is 2. The highest BCUT2D eigenvalue weighted by molar-refractivity contribution is 7.10. The van der Waals surface area contributed by atoms with Crippen molar-refractivity contribution < 1.29 is 9.59 Å². The minimum atomic E-state index is -0.725. The van der Waals surface area contributed by atoms with Gasteiger partial charge in [-0.15, -0.1) is 21.5 Å². The zero-order valence-electron chi connectivity index (χ0n) is 11.4. The van der Waals surface area contributed by atoms with Crippen LogP contribution in [0.4, 0.5) is 0 Å². The van der Waals surface area contributed by atoms with E-state index in [1.54, 1.807) is 12.4 Å². The largest absolute Gasteiger partial charge is 0.290 e. The Morgan fingerprint density at radius 2 is 2.00 bits per heavy atom. The van der Waals surface area contributed by atoms with Crippen LogP contribution >= 0.6 is 11.3 Å². The third kappa shape index (κ3) is 3.12. The molecule has 3 rings (SSSR count). The lowest BCUT2D eigenvalue weighted by atomic mass is 10.0. The van der Waals surface area contributed by atoms with Crippen molar-refractivity contribution in [3.63, 3.8) is 0 Å². The molecule has 0 saturated carbocycles. The molecule has 0 aliphatic heterocycles. The van der Waals surface area contributed by atoms with Gasteiger partial charge in [0.05, 0.1) is 0 Å². The summed E-state index contributed by atoms with van der Waals surface area (Å²) in [5.74, 6) is -1.46. The summed E-state index contributed by atoms with van der Waals surface area (Å²) in [6.07, 6.45) is 4.20. The van der Waals surface area contributed by atoms with Crippen LogP contribution in [0.1, 0.15) is 26.6 Å². The molecule has 0 amide bonds. The Labute approximate surface area is 129 Å². The standard InChI is InChI=1S/C14H11N5O2S/c20-11(13(21)14-16-18-19-17-14)8-12-10(3-6-22-12)7-9-1-4-15-5-2-9/h1-6H,7-8H2,(H,16,17,18,19). The summed E-state index contributed by atoms with van der Waals surface area (Å²) in [5.41, 5.74) is 2.14. The number of hydrogen-bond acceptors (Lipinski definition) is 7. The van der Waals surface area contributed by atoms with Gasteiger partial charge in [0, 0.05) is 23.7 Å². The number of carbonyl (C=O) groups excluding carboxylic acids is 2. The summed E-state index contributed by atoms with van der Waals surface area (Å²) in [6.45, 7) is 0. The SMILES string of the molecule is O=C(Cc1sccc1Cc1ccncc1)C(=O)c1nn[nH]n1. The van der Waals surface area contributed by atoms with Gasteiger partial charge in [-0.2, -0.15) is 5.21 Å². The van der Waals surface area contributed by atoms with E-state index >= 15 is 0 Å². The first-order valence-electron chi connectivity index (χ1n) is 6.49. The molecule has 22 heavy (non-hydrogen) atoms. The monoisotopic (exact) mass is 313 g/mol. The highest BCUT2D eigenvalue weighted by Crippen LogP contribution is 2.21. The minimum absolute atomic E-state index is 0.0471. The predicted molar refractivity (Wildman–Crippen MR) is 78.6 cm³/mol. The maximum Gasteiger partial charge on any atom is 0.269 e. The number of thiophene rings is 1. The summed E-state index contributed by atoms with van der Waals surface area (Å²) in [7, 11) is 0. The van der Waals surface area contributed by atoms with Gasteiger partial charge in [-0.1, -0.05) is 0 Å². The number of tetrazole rings is 1. The van der Waals surface area contributed by atoms with Gasteiger partial charge in [0.25, 0.3) is 5.78 Å². The van der Waals surface area contributed by atoms with Gasteiger partial charge in [-0.05, 0) is 46.3 Å². The Hall–Kier alpha value is -2.74. The van der Waals surface area contributed by atoms with Crippen molar-refractivity contribution in [3.8, 4) is 0 Å². The van der Waals surface area contributed by atoms with Crippen LogP contribution in [0.2, 0.25) is 0 Å². The van der Waals surface area contributed by atoms with Gasteiger partial charge in [-0.25, -0.2) is 0 Å². The first kappa shape index (κ1) is 14.2. The first-order chi connectivity index (χ1) is 10.7. The van der Waals surface area contributed by atoms with E-state index in [4.69, 9.17) is 0 Å².